The second kappa shape index (κ2) is 8.69. The van der Waals surface area contributed by atoms with Gasteiger partial charge < -0.3 is 9.84 Å². The molecule has 2 aromatic rings. The Morgan fingerprint density at radius 3 is 2.36 bits per heavy atom. The maximum Gasteiger partial charge on any atom is 0.277 e. The quantitative estimate of drug-likeness (QED) is 0.471. The first-order valence-electron chi connectivity index (χ1n) is 7.17. The molecule has 0 saturated heterocycles. The van der Waals surface area contributed by atoms with Gasteiger partial charge in [-0.2, -0.15) is 5.10 Å². The predicted molar refractivity (Wildman–Crippen MR) is 106 cm³/mol. The van der Waals surface area contributed by atoms with Crippen LogP contribution >= 0.6 is 43.5 Å². The number of carbonyl (C=O) groups is 1. The van der Waals surface area contributed by atoms with Crippen LogP contribution in [0.2, 0.25) is 5.02 Å². The maximum absolute atomic E-state index is 11.8. The second-order valence-electron chi connectivity index (χ2n) is 5.29. The molecule has 0 aliphatic carbocycles. The van der Waals surface area contributed by atoms with Gasteiger partial charge in [-0.1, -0.05) is 11.6 Å². The molecular weight excluding hydrogens is 475 g/mol. The van der Waals surface area contributed by atoms with E-state index < -0.39 is 5.91 Å². The molecule has 0 aromatic heterocycles. The van der Waals surface area contributed by atoms with Crippen molar-refractivity contribution in [2.24, 2.45) is 5.10 Å². The van der Waals surface area contributed by atoms with E-state index in [9.17, 15) is 9.90 Å². The highest BCUT2D eigenvalue weighted by Crippen LogP contribution is 2.32. The zero-order valence-electron chi connectivity index (χ0n) is 13.4. The van der Waals surface area contributed by atoms with E-state index in [1.807, 2.05) is 13.8 Å². The smallest absolute Gasteiger partial charge is 0.277 e. The molecule has 25 heavy (non-hydrogen) atoms. The monoisotopic (exact) mass is 488 g/mol. The number of amides is 1. The zero-order valence-corrected chi connectivity index (χ0v) is 17.4. The van der Waals surface area contributed by atoms with Crippen molar-refractivity contribution in [2.45, 2.75) is 13.8 Å². The summed E-state index contributed by atoms with van der Waals surface area (Å²) >= 11 is 12.5. The number of halogens is 3. The molecule has 0 fully saturated rings. The topological polar surface area (TPSA) is 70.9 Å². The van der Waals surface area contributed by atoms with E-state index in [0.717, 1.165) is 11.1 Å². The standard InChI is InChI=1S/C17H15Br2ClN2O3/c1-9-3-12(4-10(2)16(9)20)25-8-15(23)22-21-7-11-5-13(18)17(24)14(19)6-11/h3-7,24H,8H2,1-2H3,(H,22,23)/b21-7-. The van der Waals surface area contributed by atoms with Crippen LogP contribution in [0.4, 0.5) is 0 Å². The minimum atomic E-state index is -0.390. The number of hydrogen-bond donors (Lipinski definition) is 2. The SMILES string of the molecule is Cc1cc(OCC(=O)N/N=C\c2cc(Br)c(O)c(Br)c2)cc(C)c1Cl. The lowest BCUT2D eigenvalue weighted by Gasteiger charge is -2.09. The molecular formula is C17H15Br2ClN2O3. The summed E-state index contributed by atoms with van der Waals surface area (Å²) in [7, 11) is 0. The molecule has 0 atom stereocenters. The molecule has 0 radical (unpaired) electrons. The van der Waals surface area contributed by atoms with Gasteiger partial charge in [-0.05, 0) is 86.7 Å². The number of nitrogens with one attached hydrogen (secondary N) is 1. The van der Waals surface area contributed by atoms with E-state index in [0.29, 0.717) is 25.3 Å². The number of phenolic OH excluding ortho intramolecular Hbond substituents is 1. The van der Waals surface area contributed by atoms with Crippen molar-refractivity contribution >= 4 is 55.6 Å². The molecule has 5 nitrogen and oxygen atoms in total. The molecule has 1 amide bonds. The molecule has 2 N–H and O–H groups in total. The summed E-state index contributed by atoms with van der Waals surface area (Å²) < 4.78 is 6.49. The van der Waals surface area contributed by atoms with E-state index in [1.165, 1.54) is 6.21 Å². The van der Waals surface area contributed by atoms with Crippen molar-refractivity contribution in [3.05, 3.63) is 54.9 Å². The molecule has 2 aromatic carbocycles. The number of phenols is 1. The third kappa shape index (κ3) is 5.45. The summed E-state index contributed by atoms with van der Waals surface area (Å²) in [6, 6.07) is 6.89. The van der Waals surface area contributed by atoms with Crippen molar-refractivity contribution in [1.29, 1.82) is 0 Å². The van der Waals surface area contributed by atoms with Gasteiger partial charge in [0.15, 0.2) is 6.61 Å². The van der Waals surface area contributed by atoms with Crippen LogP contribution in [0.3, 0.4) is 0 Å². The lowest BCUT2D eigenvalue weighted by Crippen LogP contribution is -2.24. The summed E-state index contributed by atoms with van der Waals surface area (Å²) in [5.74, 6) is 0.284. The van der Waals surface area contributed by atoms with E-state index in [2.05, 4.69) is 42.4 Å². The molecule has 2 rings (SSSR count). The Hall–Kier alpha value is -1.57. The summed E-state index contributed by atoms with van der Waals surface area (Å²) in [5, 5.41) is 14.2. The predicted octanol–water partition coefficient (Wildman–Crippen LogP) is 4.72. The van der Waals surface area contributed by atoms with Gasteiger partial charge in [-0.25, -0.2) is 5.43 Å². The molecule has 0 heterocycles. The minimum absolute atomic E-state index is 0.100. The van der Waals surface area contributed by atoms with Crippen LogP contribution in [-0.2, 0) is 4.79 Å². The highest BCUT2D eigenvalue weighted by molar-refractivity contribution is 9.11. The first-order chi connectivity index (χ1) is 11.8. The van der Waals surface area contributed by atoms with E-state index in [1.54, 1.807) is 24.3 Å². The van der Waals surface area contributed by atoms with Crippen LogP contribution in [-0.4, -0.2) is 23.8 Å². The van der Waals surface area contributed by atoms with Gasteiger partial charge in [0.05, 0.1) is 15.2 Å². The van der Waals surface area contributed by atoms with Gasteiger partial charge in [0.2, 0.25) is 0 Å². The number of hydrazone groups is 1. The molecule has 0 aliphatic rings. The Balaban J connectivity index is 1.91. The number of hydrogen-bond acceptors (Lipinski definition) is 4. The average Bonchev–Trinajstić information content (AvgIpc) is 2.55. The Morgan fingerprint density at radius 1 is 1.24 bits per heavy atom. The average molecular weight is 491 g/mol. The normalized spacial score (nSPS) is 10.9. The minimum Gasteiger partial charge on any atom is -0.506 e. The lowest BCUT2D eigenvalue weighted by molar-refractivity contribution is -0.123. The van der Waals surface area contributed by atoms with Gasteiger partial charge in [0.25, 0.3) is 5.91 Å². The van der Waals surface area contributed by atoms with E-state index >= 15 is 0 Å². The van der Waals surface area contributed by atoms with Gasteiger partial charge >= 0.3 is 0 Å². The molecule has 0 unspecified atom stereocenters. The van der Waals surface area contributed by atoms with Crippen molar-refractivity contribution in [1.82, 2.24) is 5.43 Å². The fraction of sp³-hybridized carbons (Fsp3) is 0.176. The van der Waals surface area contributed by atoms with Gasteiger partial charge in [-0.3, -0.25) is 4.79 Å². The highest BCUT2D eigenvalue weighted by Gasteiger charge is 2.07. The third-order valence-electron chi connectivity index (χ3n) is 3.22. The van der Waals surface area contributed by atoms with E-state index in [4.69, 9.17) is 16.3 Å². The Labute approximate surface area is 167 Å². The molecule has 132 valence electrons. The molecule has 0 bridgehead atoms. The van der Waals surface area contributed by atoms with Crippen molar-refractivity contribution in [3.63, 3.8) is 0 Å². The van der Waals surface area contributed by atoms with Gasteiger partial charge in [0, 0.05) is 5.02 Å². The summed E-state index contributed by atoms with van der Waals surface area (Å²) in [6.07, 6.45) is 1.46. The van der Waals surface area contributed by atoms with Crippen molar-refractivity contribution < 1.29 is 14.6 Å². The Morgan fingerprint density at radius 2 is 1.80 bits per heavy atom. The van der Waals surface area contributed by atoms with Crippen LogP contribution in [0, 0.1) is 13.8 Å². The zero-order chi connectivity index (χ0) is 18.6. The largest absolute Gasteiger partial charge is 0.506 e. The van der Waals surface area contributed by atoms with Crippen molar-refractivity contribution in [3.8, 4) is 11.5 Å². The summed E-state index contributed by atoms with van der Waals surface area (Å²) in [4.78, 5) is 11.8. The van der Waals surface area contributed by atoms with Gasteiger partial charge in [0.1, 0.15) is 11.5 Å². The summed E-state index contributed by atoms with van der Waals surface area (Å²) in [5.41, 5.74) is 4.85. The maximum atomic E-state index is 11.8. The fourth-order valence-corrected chi connectivity index (χ4v) is 3.34. The van der Waals surface area contributed by atoms with Crippen LogP contribution in [0.1, 0.15) is 16.7 Å². The Bertz CT molecular complexity index is 795. The number of aromatic hydroxyl groups is 1. The first kappa shape index (κ1) is 19.8. The number of carbonyl (C=O) groups excluding carboxylic acids is 1. The molecule has 0 spiro atoms. The molecule has 0 aliphatic heterocycles. The van der Waals surface area contributed by atoms with Crippen LogP contribution < -0.4 is 10.2 Å². The highest BCUT2D eigenvalue weighted by atomic mass is 79.9. The third-order valence-corrected chi connectivity index (χ3v) is 5.03. The first-order valence-corrected chi connectivity index (χ1v) is 9.13. The number of aryl methyl sites for hydroxylation is 2. The van der Waals surface area contributed by atoms with Crippen LogP contribution in [0.15, 0.2) is 38.3 Å². The number of benzene rings is 2. The molecule has 8 heteroatoms. The van der Waals surface area contributed by atoms with Gasteiger partial charge in [-0.15, -0.1) is 0 Å². The molecule has 0 saturated carbocycles. The number of rotatable bonds is 5. The Kier molecular flexibility index (Phi) is 6.87. The second-order valence-corrected chi connectivity index (χ2v) is 7.37. The van der Waals surface area contributed by atoms with Crippen LogP contribution in [0.5, 0.6) is 11.5 Å². The summed E-state index contributed by atoms with van der Waals surface area (Å²) in [6.45, 7) is 3.59. The van der Waals surface area contributed by atoms with E-state index in [-0.39, 0.29) is 12.4 Å². The fourth-order valence-electron chi connectivity index (χ4n) is 2.01. The number of nitrogens with zero attached hydrogens (tertiary/aromatic N) is 1. The van der Waals surface area contributed by atoms with Crippen molar-refractivity contribution in [2.75, 3.05) is 6.61 Å². The van der Waals surface area contributed by atoms with Crippen LogP contribution in [0.25, 0.3) is 0 Å². The number of ether oxygens (including phenoxy) is 1. The lowest BCUT2D eigenvalue weighted by atomic mass is 10.1.